The Balaban J connectivity index is 1.47. The Hall–Kier alpha value is -2.41. The maximum atomic E-state index is 12.4. The number of nitrogens with zero attached hydrogens (tertiary/aromatic N) is 3. The number of hydrogen-bond acceptors (Lipinski definition) is 4. The van der Waals surface area contributed by atoms with Crippen LogP contribution in [0, 0.1) is 0 Å². The van der Waals surface area contributed by atoms with Gasteiger partial charge in [-0.15, -0.1) is 0 Å². The molecular weight excluding hydrogens is 380 g/mol. The van der Waals surface area contributed by atoms with Crippen LogP contribution in [0.25, 0.3) is 0 Å². The highest BCUT2D eigenvalue weighted by Gasteiger charge is 2.33. The molecule has 2 heterocycles. The second-order valence-corrected chi connectivity index (χ2v) is 8.53. The zero-order valence-corrected chi connectivity index (χ0v) is 18.2. The lowest BCUT2D eigenvalue weighted by molar-refractivity contribution is -0.157. The Bertz CT molecular complexity index is 739. The van der Waals surface area contributed by atoms with Crippen LogP contribution in [0.4, 0.5) is 0 Å². The fraction of sp³-hybridized carbons (Fsp3) is 0.609. The van der Waals surface area contributed by atoms with E-state index in [1.807, 2.05) is 26.0 Å². The van der Waals surface area contributed by atoms with Crippen LogP contribution in [0.15, 0.2) is 24.3 Å². The standard InChI is InChI=1S/C23H34N4O3/c1-18(2)27-16-15-26(22(29)23(27)30)17-19-7-9-20(10-8-19)21(28)24-11-14-25-12-5-3-4-6-13-25/h7-10,18H,3-6,11-17H2,1-2H3,(H,24,28). The van der Waals surface area contributed by atoms with Crippen molar-refractivity contribution in [3.05, 3.63) is 35.4 Å². The summed E-state index contributed by atoms with van der Waals surface area (Å²) in [5.74, 6) is -0.963. The lowest BCUT2D eigenvalue weighted by atomic mass is 10.1. The zero-order valence-electron chi connectivity index (χ0n) is 18.2. The van der Waals surface area contributed by atoms with E-state index in [2.05, 4.69) is 10.2 Å². The molecule has 0 aromatic heterocycles. The maximum Gasteiger partial charge on any atom is 0.312 e. The summed E-state index contributed by atoms with van der Waals surface area (Å²) >= 11 is 0. The van der Waals surface area contributed by atoms with Crippen LogP contribution in [0.3, 0.4) is 0 Å². The quantitative estimate of drug-likeness (QED) is 0.692. The van der Waals surface area contributed by atoms with Gasteiger partial charge in [0.2, 0.25) is 0 Å². The van der Waals surface area contributed by atoms with Crippen molar-refractivity contribution >= 4 is 17.7 Å². The van der Waals surface area contributed by atoms with Gasteiger partial charge in [-0.1, -0.05) is 25.0 Å². The Morgan fingerprint density at radius 3 is 2.23 bits per heavy atom. The third-order valence-corrected chi connectivity index (χ3v) is 5.97. The minimum atomic E-state index is -0.453. The van der Waals surface area contributed by atoms with Gasteiger partial charge in [-0.25, -0.2) is 0 Å². The van der Waals surface area contributed by atoms with E-state index in [1.54, 1.807) is 21.9 Å². The predicted molar refractivity (Wildman–Crippen MR) is 116 cm³/mol. The average Bonchev–Trinajstić information content (AvgIpc) is 3.00. The van der Waals surface area contributed by atoms with Gasteiger partial charge in [0.1, 0.15) is 0 Å². The number of piperazine rings is 1. The first-order chi connectivity index (χ1) is 14.5. The molecule has 0 aliphatic carbocycles. The summed E-state index contributed by atoms with van der Waals surface area (Å²) in [4.78, 5) is 42.6. The molecule has 3 amide bonds. The lowest BCUT2D eigenvalue weighted by Gasteiger charge is -2.36. The van der Waals surface area contributed by atoms with Crippen molar-refractivity contribution in [2.75, 3.05) is 39.3 Å². The average molecular weight is 415 g/mol. The van der Waals surface area contributed by atoms with Gasteiger partial charge in [0.15, 0.2) is 0 Å². The molecule has 2 aliphatic heterocycles. The van der Waals surface area contributed by atoms with Crippen LogP contribution >= 0.6 is 0 Å². The van der Waals surface area contributed by atoms with Crippen molar-refractivity contribution in [2.24, 2.45) is 0 Å². The SMILES string of the molecule is CC(C)N1CCN(Cc2ccc(C(=O)NCCN3CCCCCC3)cc2)C(=O)C1=O. The number of carbonyl (C=O) groups is 3. The Labute approximate surface area is 179 Å². The molecule has 0 bridgehead atoms. The largest absolute Gasteiger partial charge is 0.351 e. The molecule has 30 heavy (non-hydrogen) atoms. The van der Waals surface area contributed by atoms with E-state index < -0.39 is 11.8 Å². The molecule has 164 valence electrons. The van der Waals surface area contributed by atoms with Gasteiger partial charge in [0.25, 0.3) is 5.91 Å². The van der Waals surface area contributed by atoms with Gasteiger partial charge < -0.3 is 20.0 Å². The summed E-state index contributed by atoms with van der Waals surface area (Å²) < 4.78 is 0. The van der Waals surface area contributed by atoms with Crippen LogP contribution in [0.1, 0.15) is 55.5 Å². The molecule has 1 aromatic carbocycles. The fourth-order valence-electron chi connectivity index (χ4n) is 4.10. The molecule has 0 radical (unpaired) electrons. The minimum absolute atomic E-state index is 0.0285. The van der Waals surface area contributed by atoms with E-state index in [-0.39, 0.29) is 11.9 Å². The second-order valence-electron chi connectivity index (χ2n) is 8.53. The summed E-state index contributed by atoms with van der Waals surface area (Å²) in [5, 5.41) is 3.00. The molecule has 2 aliphatic rings. The topological polar surface area (TPSA) is 73.0 Å². The fourth-order valence-corrected chi connectivity index (χ4v) is 4.10. The number of hydrogen-bond donors (Lipinski definition) is 1. The summed E-state index contributed by atoms with van der Waals surface area (Å²) in [6, 6.07) is 7.31. The van der Waals surface area contributed by atoms with Gasteiger partial charge in [-0.2, -0.15) is 0 Å². The lowest BCUT2D eigenvalue weighted by Crippen LogP contribution is -2.55. The molecule has 0 atom stereocenters. The Morgan fingerprint density at radius 1 is 0.933 bits per heavy atom. The van der Waals surface area contributed by atoms with Crippen molar-refractivity contribution in [1.82, 2.24) is 20.0 Å². The zero-order chi connectivity index (χ0) is 21.5. The number of rotatable bonds is 7. The number of benzene rings is 1. The van der Waals surface area contributed by atoms with Gasteiger partial charge in [-0.05, 0) is 57.5 Å². The van der Waals surface area contributed by atoms with E-state index in [4.69, 9.17) is 0 Å². The highest BCUT2D eigenvalue weighted by atomic mass is 16.2. The van der Waals surface area contributed by atoms with Crippen LogP contribution in [-0.2, 0) is 16.1 Å². The molecule has 1 N–H and O–H groups in total. The summed E-state index contributed by atoms with van der Waals surface area (Å²) in [6.45, 7) is 9.08. The summed E-state index contributed by atoms with van der Waals surface area (Å²) in [7, 11) is 0. The first-order valence-electron chi connectivity index (χ1n) is 11.1. The number of nitrogens with one attached hydrogen (secondary N) is 1. The third kappa shape index (κ3) is 5.81. The van der Waals surface area contributed by atoms with Crippen molar-refractivity contribution in [1.29, 1.82) is 0 Å². The summed E-state index contributed by atoms with van der Waals surface area (Å²) in [6.07, 6.45) is 5.11. The normalized spacial score (nSPS) is 18.6. The molecule has 7 heteroatoms. The molecule has 2 fully saturated rings. The van der Waals surface area contributed by atoms with E-state index in [9.17, 15) is 14.4 Å². The third-order valence-electron chi connectivity index (χ3n) is 5.97. The van der Waals surface area contributed by atoms with Gasteiger partial charge in [0, 0.05) is 44.3 Å². The molecule has 0 spiro atoms. The van der Waals surface area contributed by atoms with E-state index >= 15 is 0 Å². The van der Waals surface area contributed by atoms with E-state index in [1.165, 1.54) is 25.7 Å². The van der Waals surface area contributed by atoms with Gasteiger partial charge in [0.05, 0.1) is 0 Å². The monoisotopic (exact) mass is 414 g/mol. The first kappa shape index (κ1) is 22.3. The molecule has 3 rings (SSSR count). The predicted octanol–water partition coefficient (Wildman–Crippen LogP) is 1.87. The van der Waals surface area contributed by atoms with Crippen LogP contribution in [0.2, 0.25) is 0 Å². The molecule has 0 unspecified atom stereocenters. The highest BCUT2D eigenvalue weighted by molar-refractivity contribution is 6.35. The summed E-state index contributed by atoms with van der Waals surface area (Å²) in [5.41, 5.74) is 1.52. The molecule has 7 nitrogen and oxygen atoms in total. The van der Waals surface area contributed by atoms with Crippen molar-refractivity contribution in [3.63, 3.8) is 0 Å². The van der Waals surface area contributed by atoms with E-state index in [0.717, 1.165) is 25.2 Å². The maximum absolute atomic E-state index is 12.4. The van der Waals surface area contributed by atoms with Crippen LogP contribution in [-0.4, -0.2) is 77.7 Å². The highest BCUT2D eigenvalue weighted by Crippen LogP contribution is 2.14. The Kier molecular flexibility index (Phi) is 7.85. The van der Waals surface area contributed by atoms with Crippen LogP contribution in [0.5, 0.6) is 0 Å². The molecule has 2 saturated heterocycles. The van der Waals surface area contributed by atoms with Crippen molar-refractivity contribution < 1.29 is 14.4 Å². The molecule has 0 saturated carbocycles. The first-order valence-corrected chi connectivity index (χ1v) is 11.1. The smallest absolute Gasteiger partial charge is 0.312 e. The van der Waals surface area contributed by atoms with Crippen molar-refractivity contribution in [2.45, 2.75) is 52.1 Å². The van der Waals surface area contributed by atoms with Gasteiger partial charge in [-0.3, -0.25) is 14.4 Å². The van der Waals surface area contributed by atoms with Gasteiger partial charge >= 0.3 is 11.8 Å². The number of amides is 3. The van der Waals surface area contributed by atoms with Crippen LogP contribution < -0.4 is 5.32 Å². The number of carbonyl (C=O) groups excluding carboxylic acids is 3. The Morgan fingerprint density at radius 2 is 1.60 bits per heavy atom. The minimum Gasteiger partial charge on any atom is -0.351 e. The molecular formula is C23H34N4O3. The second kappa shape index (κ2) is 10.6. The number of likely N-dealkylation sites (tertiary alicyclic amines) is 1. The molecule has 1 aromatic rings. The van der Waals surface area contributed by atoms with Crippen molar-refractivity contribution in [3.8, 4) is 0 Å². The van der Waals surface area contributed by atoms with E-state index in [0.29, 0.717) is 31.7 Å².